The molecule has 0 saturated heterocycles. The summed E-state index contributed by atoms with van der Waals surface area (Å²) in [6, 6.07) is 0. The number of nitrogens with one attached hydrogen (secondary N) is 1. The van der Waals surface area contributed by atoms with Crippen LogP contribution in [0.15, 0.2) is 5.51 Å². The third-order valence-electron chi connectivity index (χ3n) is 3.13. The molecule has 5 nitrogen and oxygen atoms in total. The summed E-state index contributed by atoms with van der Waals surface area (Å²) >= 11 is 1.63. The van der Waals surface area contributed by atoms with E-state index in [2.05, 4.69) is 10.3 Å². The van der Waals surface area contributed by atoms with Gasteiger partial charge in [0.15, 0.2) is 0 Å². The highest BCUT2D eigenvalue weighted by molar-refractivity contribution is 7.09. The van der Waals surface area contributed by atoms with Crippen LogP contribution in [-0.4, -0.2) is 53.7 Å². The normalized spacial score (nSPS) is 14.7. The largest absolute Gasteiger partial charge is 0.392 e. The first-order valence-electron chi connectivity index (χ1n) is 7.04. The van der Waals surface area contributed by atoms with Crippen LogP contribution < -0.4 is 5.32 Å². The minimum Gasteiger partial charge on any atom is -0.392 e. The maximum absolute atomic E-state index is 9.73. The van der Waals surface area contributed by atoms with Crippen molar-refractivity contribution in [1.82, 2.24) is 10.3 Å². The monoisotopic (exact) mass is 302 g/mol. The lowest BCUT2D eigenvalue weighted by Crippen LogP contribution is -2.37. The average Bonchev–Trinajstić information content (AvgIpc) is 2.80. The summed E-state index contributed by atoms with van der Waals surface area (Å²) in [5.74, 6) is 0.221. The van der Waals surface area contributed by atoms with Gasteiger partial charge in [0, 0.05) is 24.4 Å². The number of aliphatic hydroxyl groups excluding tert-OH is 2. The van der Waals surface area contributed by atoms with Crippen LogP contribution in [0, 0.1) is 12.8 Å². The highest BCUT2D eigenvalue weighted by atomic mass is 32.1. The molecule has 20 heavy (non-hydrogen) atoms. The van der Waals surface area contributed by atoms with E-state index in [4.69, 9.17) is 4.74 Å². The standard InChI is InChI=1S/C14H26N2O3S/c1-10(2)13(18)7-15-6-12(17)8-19-5-4-14-11(3)16-9-20-14/h9-10,12-13,15,17-18H,4-8H2,1-3H3. The summed E-state index contributed by atoms with van der Waals surface area (Å²) in [6.07, 6.45) is -0.0859. The SMILES string of the molecule is Cc1ncsc1CCOCC(O)CNCC(O)C(C)C. The molecular weight excluding hydrogens is 276 g/mol. The topological polar surface area (TPSA) is 74.6 Å². The summed E-state index contributed by atoms with van der Waals surface area (Å²) in [4.78, 5) is 5.42. The van der Waals surface area contributed by atoms with Gasteiger partial charge in [-0.2, -0.15) is 0 Å². The van der Waals surface area contributed by atoms with Gasteiger partial charge in [0.1, 0.15) is 0 Å². The van der Waals surface area contributed by atoms with E-state index in [-0.39, 0.29) is 12.0 Å². The van der Waals surface area contributed by atoms with Gasteiger partial charge in [-0.05, 0) is 12.8 Å². The Morgan fingerprint density at radius 1 is 1.35 bits per heavy atom. The number of nitrogens with zero attached hydrogens (tertiary/aromatic N) is 1. The van der Waals surface area contributed by atoms with Crippen molar-refractivity contribution in [2.75, 3.05) is 26.3 Å². The smallest absolute Gasteiger partial charge is 0.0897 e. The first-order valence-corrected chi connectivity index (χ1v) is 7.92. The Bertz CT molecular complexity index is 371. The van der Waals surface area contributed by atoms with Crippen molar-refractivity contribution in [3.8, 4) is 0 Å². The zero-order chi connectivity index (χ0) is 15.0. The molecule has 0 spiro atoms. The molecule has 1 aromatic rings. The molecule has 1 rings (SSSR count). The van der Waals surface area contributed by atoms with Gasteiger partial charge in [-0.1, -0.05) is 13.8 Å². The Kier molecular flexibility index (Phi) is 8.25. The molecule has 6 heteroatoms. The summed E-state index contributed by atoms with van der Waals surface area (Å²) < 4.78 is 5.46. The lowest BCUT2D eigenvalue weighted by atomic mass is 10.1. The Morgan fingerprint density at radius 3 is 2.70 bits per heavy atom. The maximum Gasteiger partial charge on any atom is 0.0897 e. The van der Waals surface area contributed by atoms with Gasteiger partial charge in [0.25, 0.3) is 0 Å². The van der Waals surface area contributed by atoms with Crippen molar-refractivity contribution in [1.29, 1.82) is 0 Å². The number of aryl methyl sites for hydroxylation is 1. The molecule has 0 aliphatic carbocycles. The number of aliphatic hydroxyl groups is 2. The van der Waals surface area contributed by atoms with Crippen LogP contribution in [0.5, 0.6) is 0 Å². The van der Waals surface area contributed by atoms with E-state index in [1.807, 2.05) is 26.3 Å². The summed E-state index contributed by atoms with van der Waals surface area (Å²) in [6.45, 7) is 7.75. The summed E-state index contributed by atoms with van der Waals surface area (Å²) in [5.41, 5.74) is 2.90. The zero-order valence-electron chi connectivity index (χ0n) is 12.5. The lowest BCUT2D eigenvalue weighted by Gasteiger charge is -2.17. The fourth-order valence-corrected chi connectivity index (χ4v) is 2.41. The van der Waals surface area contributed by atoms with Gasteiger partial charge >= 0.3 is 0 Å². The number of thiazole rings is 1. The van der Waals surface area contributed by atoms with Gasteiger partial charge in [0.2, 0.25) is 0 Å². The fraction of sp³-hybridized carbons (Fsp3) is 0.786. The zero-order valence-corrected chi connectivity index (χ0v) is 13.3. The molecule has 2 unspecified atom stereocenters. The molecule has 0 amide bonds. The third-order valence-corrected chi connectivity index (χ3v) is 4.13. The number of ether oxygens (including phenoxy) is 1. The molecule has 0 saturated carbocycles. The second-order valence-electron chi connectivity index (χ2n) is 5.31. The Hall–Kier alpha value is -0.530. The molecule has 0 aromatic carbocycles. The van der Waals surface area contributed by atoms with Crippen LogP contribution in [0.2, 0.25) is 0 Å². The predicted octanol–water partition coefficient (Wildman–Crippen LogP) is 0.978. The van der Waals surface area contributed by atoms with E-state index in [0.29, 0.717) is 26.3 Å². The van der Waals surface area contributed by atoms with Gasteiger partial charge in [0.05, 0.1) is 36.6 Å². The highest BCUT2D eigenvalue weighted by Gasteiger charge is 2.10. The van der Waals surface area contributed by atoms with E-state index < -0.39 is 6.10 Å². The lowest BCUT2D eigenvalue weighted by molar-refractivity contribution is 0.0354. The van der Waals surface area contributed by atoms with Crippen LogP contribution in [0.3, 0.4) is 0 Å². The predicted molar refractivity (Wildman–Crippen MR) is 81.1 cm³/mol. The van der Waals surface area contributed by atoms with Gasteiger partial charge in [-0.3, -0.25) is 0 Å². The molecule has 116 valence electrons. The number of aromatic nitrogens is 1. The molecule has 0 aliphatic rings. The molecular formula is C14H26N2O3S. The van der Waals surface area contributed by atoms with E-state index in [1.54, 1.807) is 11.3 Å². The molecule has 0 bridgehead atoms. The molecule has 0 aliphatic heterocycles. The Morgan fingerprint density at radius 2 is 2.10 bits per heavy atom. The van der Waals surface area contributed by atoms with Crippen molar-refractivity contribution >= 4 is 11.3 Å². The molecule has 3 N–H and O–H groups in total. The van der Waals surface area contributed by atoms with E-state index in [0.717, 1.165) is 12.1 Å². The van der Waals surface area contributed by atoms with Crippen LogP contribution in [0.25, 0.3) is 0 Å². The summed E-state index contributed by atoms with van der Waals surface area (Å²) in [5, 5.41) is 22.4. The Labute approximate surface area is 125 Å². The second-order valence-corrected chi connectivity index (χ2v) is 6.25. The van der Waals surface area contributed by atoms with E-state index >= 15 is 0 Å². The van der Waals surface area contributed by atoms with Crippen molar-refractivity contribution < 1.29 is 14.9 Å². The Balaban J connectivity index is 2.03. The van der Waals surface area contributed by atoms with Crippen LogP contribution >= 0.6 is 11.3 Å². The highest BCUT2D eigenvalue weighted by Crippen LogP contribution is 2.12. The molecule has 2 atom stereocenters. The maximum atomic E-state index is 9.73. The van der Waals surface area contributed by atoms with Gasteiger partial charge in [-0.15, -0.1) is 11.3 Å². The van der Waals surface area contributed by atoms with Gasteiger partial charge < -0.3 is 20.3 Å². The fourth-order valence-electron chi connectivity index (χ4n) is 1.64. The first kappa shape index (κ1) is 17.5. The second kappa shape index (κ2) is 9.41. The number of hydrogen-bond donors (Lipinski definition) is 3. The van der Waals surface area contributed by atoms with E-state index in [1.165, 1.54) is 4.88 Å². The van der Waals surface area contributed by atoms with Crippen molar-refractivity contribution in [3.05, 3.63) is 16.1 Å². The van der Waals surface area contributed by atoms with E-state index in [9.17, 15) is 10.2 Å². The molecule has 0 fully saturated rings. The minimum atomic E-state index is -0.545. The van der Waals surface area contributed by atoms with Crippen molar-refractivity contribution in [2.24, 2.45) is 5.92 Å². The number of rotatable bonds is 10. The van der Waals surface area contributed by atoms with Gasteiger partial charge in [-0.25, -0.2) is 4.98 Å². The van der Waals surface area contributed by atoms with Crippen LogP contribution in [-0.2, 0) is 11.2 Å². The minimum absolute atomic E-state index is 0.221. The molecule has 0 radical (unpaired) electrons. The van der Waals surface area contributed by atoms with Crippen LogP contribution in [0.4, 0.5) is 0 Å². The van der Waals surface area contributed by atoms with Crippen LogP contribution in [0.1, 0.15) is 24.4 Å². The first-order chi connectivity index (χ1) is 9.50. The number of hydrogen-bond acceptors (Lipinski definition) is 6. The van der Waals surface area contributed by atoms with Crippen molar-refractivity contribution in [2.45, 2.75) is 39.4 Å². The third kappa shape index (κ3) is 6.76. The van der Waals surface area contributed by atoms with Crippen molar-refractivity contribution in [3.63, 3.8) is 0 Å². The molecule has 1 heterocycles. The average molecular weight is 302 g/mol. The quantitative estimate of drug-likeness (QED) is 0.562. The molecule has 1 aromatic heterocycles. The summed E-state index contributed by atoms with van der Waals surface area (Å²) in [7, 11) is 0.